The van der Waals surface area contributed by atoms with Gasteiger partial charge in [-0.05, 0) is 70.6 Å². The highest BCUT2D eigenvalue weighted by Crippen LogP contribution is 2.16. The van der Waals surface area contributed by atoms with Crippen molar-refractivity contribution in [2.24, 2.45) is 0 Å². The van der Waals surface area contributed by atoms with Crippen LogP contribution in [0.2, 0.25) is 0 Å². The number of amides is 1. The summed E-state index contributed by atoms with van der Waals surface area (Å²) in [5.74, 6) is -0.153. The van der Waals surface area contributed by atoms with Crippen LogP contribution < -0.4 is 5.32 Å². The van der Waals surface area contributed by atoms with E-state index in [9.17, 15) is 20.1 Å². The zero-order chi connectivity index (χ0) is 42.3. The number of hydrogen-bond donors (Lipinski definition) is 4. The molecular formula is C53H101NO4. The first kappa shape index (κ1) is 56.6. The molecule has 0 aliphatic rings. The van der Waals surface area contributed by atoms with Gasteiger partial charge in [-0.1, -0.05) is 230 Å². The average molecular weight is 816 g/mol. The average Bonchev–Trinajstić information content (AvgIpc) is 3.23. The van der Waals surface area contributed by atoms with Gasteiger partial charge in [-0.15, -0.1) is 0 Å². The monoisotopic (exact) mass is 816 g/mol. The summed E-state index contributed by atoms with van der Waals surface area (Å²) in [5.41, 5.74) is 0. The molecule has 5 nitrogen and oxygen atoms in total. The molecule has 0 heterocycles. The molecule has 0 aliphatic heterocycles. The van der Waals surface area contributed by atoms with Gasteiger partial charge in [0.25, 0.3) is 0 Å². The highest BCUT2D eigenvalue weighted by atomic mass is 16.3. The van der Waals surface area contributed by atoms with E-state index in [0.717, 1.165) is 44.9 Å². The van der Waals surface area contributed by atoms with Crippen LogP contribution in [-0.4, -0.2) is 46.1 Å². The minimum atomic E-state index is -1.16. The van der Waals surface area contributed by atoms with Crippen LogP contribution in [0.25, 0.3) is 0 Å². The molecule has 58 heavy (non-hydrogen) atoms. The van der Waals surface area contributed by atoms with E-state index in [4.69, 9.17) is 0 Å². The lowest BCUT2D eigenvalue weighted by molar-refractivity contribution is -0.124. The van der Waals surface area contributed by atoms with Crippen LogP contribution >= 0.6 is 0 Å². The third kappa shape index (κ3) is 42.7. The SMILES string of the molecule is CCCCCCCCCC/C=C/CCCC(O)C(O)C(CO)NC(=O)CCCCCCCCCCCCCCCCC/C=C\C/C=C\CCCCCCCCCCC. The highest BCUT2D eigenvalue weighted by Gasteiger charge is 2.26. The predicted molar refractivity (Wildman–Crippen MR) is 254 cm³/mol. The summed E-state index contributed by atoms with van der Waals surface area (Å²) in [6.45, 7) is 4.17. The maximum absolute atomic E-state index is 12.5. The Kier molecular flexibility index (Phi) is 47.0. The Bertz CT molecular complexity index is 901. The molecule has 0 rings (SSSR count). The number of carbonyl (C=O) groups is 1. The minimum Gasteiger partial charge on any atom is -0.394 e. The second kappa shape index (κ2) is 48.2. The summed E-state index contributed by atoms with van der Waals surface area (Å²) >= 11 is 0. The van der Waals surface area contributed by atoms with Gasteiger partial charge in [-0.25, -0.2) is 0 Å². The smallest absolute Gasteiger partial charge is 0.220 e. The van der Waals surface area contributed by atoms with Crippen molar-refractivity contribution in [2.75, 3.05) is 6.61 Å². The zero-order valence-electron chi connectivity index (χ0n) is 38.9. The van der Waals surface area contributed by atoms with Crippen molar-refractivity contribution in [3.8, 4) is 0 Å². The Labute approximate surface area is 362 Å². The fourth-order valence-corrected chi connectivity index (χ4v) is 7.96. The summed E-state index contributed by atoms with van der Waals surface area (Å²) in [6, 6.07) is -0.825. The maximum Gasteiger partial charge on any atom is 0.220 e. The summed E-state index contributed by atoms with van der Waals surface area (Å²) in [5, 5.41) is 33.5. The number of nitrogens with one attached hydrogen (secondary N) is 1. The van der Waals surface area contributed by atoms with Crippen molar-refractivity contribution >= 4 is 5.91 Å². The molecule has 0 aromatic carbocycles. The third-order valence-corrected chi connectivity index (χ3v) is 12.0. The molecule has 0 saturated carbocycles. The Morgan fingerprint density at radius 1 is 0.431 bits per heavy atom. The third-order valence-electron chi connectivity index (χ3n) is 12.0. The van der Waals surface area contributed by atoms with Gasteiger partial charge in [0.1, 0.15) is 6.10 Å². The zero-order valence-corrected chi connectivity index (χ0v) is 38.9. The van der Waals surface area contributed by atoms with Crippen molar-refractivity contribution < 1.29 is 20.1 Å². The standard InChI is InChI=1S/C53H101NO4/c1-3-5-7-9-11-13-15-17-18-19-20-21-22-23-24-25-26-27-28-29-30-31-32-33-34-36-38-40-42-44-46-48-52(57)54-50(49-55)53(58)51(56)47-45-43-41-39-37-35-16-14-12-10-8-6-4-2/h20-21,23-24,39,41,50-51,53,55-56,58H,3-19,22,25-38,40,42-49H2,1-2H3,(H,54,57)/b21-20-,24-23-,41-39+. The lowest BCUT2D eigenvalue weighted by Gasteiger charge is -2.26. The number of hydrogen-bond acceptors (Lipinski definition) is 4. The maximum atomic E-state index is 12.5. The van der Waals surface area contributed by atoms with E-state index < -0.39 is 18.2 Å². The first-order valence-electron chi connectivity index (χ1n) is 25.8. The van der Waals surface area contributed by atoms with Crippen LogP contribution in [0, 0.1) is 0 Å². The fraction of sp³-hybridized carbons (Fsp3) is 0.868. The Morgan fingerprint density at radius 3 is 1.10 bits per heavy atom. The lowest BCUT2D eigenvalue weighted by atomic mass is 10.0. The predicted octanol–water partition coefficient (Wildman–Crippen LogP) is 15.5. The van der Waals surface area contributed by atoms with Gasteiger partial charge in [-0.2, -0.15) is 0 Å². The number of unbranched alkanes of at least 4 members (excludes halogenated alkanes) is 33. The van der Waals surface area contributed by atoms with Crippen molar-refractivity contribution in [1.29, 1.82) is 0 Å². The van der Waals surface area contributed by atoms with Gasteiger partial charge in [0.15, 0.2) is 0 Å². The van der Waals surface area contributed by atoms with Crippen molar-refractivity contribution in [1.82, 2.24) is 5.32 Å². The topological polar surface area (TPSA) is 89.8 Å². The van der Waals surface area contributed by atoms with E-state index in [0.29, 0.717) is 12.8 Å². The molecule has 0 saturated heterocycles. The largest absolute Gasteiger partial charge is 0.394 e. The molecule has 0 aliphatic carbocycles. The summed E-state index contributed by atoms with van der Waals surface area (Å²) < 4.78 is 0. The normalized spacial score (nSPS) is 13.7. The molecule has 0 aromatic rings. The molecule has 3 atom stereocenters. The quantitative estimate of drug-likeness (QED) is 0.0364. The first-order valence-corrected chi connectivity index (χ1v) is 25.8. The van der Waals surface area contributed by atoms with E-state index in [1.165, 1.54) is 199 Å². The fourth-order valence-electron chi connectivity index (χ4n) is 7.96. The van der Waals surface area contributed by atoms with E-state index >= 15 is 0 Å². The number of aliphatic hydroxyl groups excluding tert-OH is 3. The first-order chi connectivity index (χ1) is 28.6. The molecule has 0 fully saturated rings. The van der Waals surface area contributed by atoms with Crippen molar-refractivity contribution in [2.45, 2.75) is 289 Å². The molecule has 5 heteroatoms. The Morgan fingerprint density at radius 2 is 0.741 bits per heavy atom. The van der Waals surface area contributed by atoms with Gasteiger partial charge in [0, 0.05) is 6.42 Å². The molecule has 0 spiro atoms. The molecule has 342 valence electrons. The number of allylic oxidation sites excluding steroid dienone is 6. The summed E-state index contributed by atoms with van der Waals surface area (Å²) in [6.07, 6.45) is 61.5. The minimum absolute atomic E-state index is 0.153. The van der Waals surface area contributed by atoms with Crippen LogP contribution in [0.3, 0.4) is 0 Å². The van der Waals surface area contributed by atoms with Crippen molar-refractivity contribution in [3.63, 3.8) is 0 Å². The molecular weight excluding hydrogens is 715 g/mol. The molecule has 4 N–H and O–H groups in total. The molecule has 3 unspecified atom stereocenters. The van der Waals surface area contributed by atoms with Crippen molar-refractivity contribution in [3.05, 3.63) is 36.5 Å². The summed E-state index contributed by atoms with van der Waals surface area (Å²) in [4.78, 5) is 12.5. The van der Waals surface area contributed by atoms with Gasteiger partial charge in [0.2, 0.25) is 5.91 Å². The van der Waals surface area contributed by atoms with Crippen LogP contribution in [0.4, 0.5) is 0 Å². The number of rotatable bonds is 47. The van der Waals surface area contributed by atoms with Gasteiger partial charge < -0.3 is 20.6 Å². The molecule has 0 aromatic heterocycles. The van der Waals surface area contributed by atoms with Gasteiger partial charge in [0.05, 0.1) is 18.8 Å². The van der Waals surface area contributed by atoms with Crippen LogP contribution in [0.5, 0.6) is 0 Å². The Balaban J connectivity index is 3.53. The van der Waals surface area contributed by atoms with Crippen LogP contribution in [0.1, 0.15) is 271 Å². The van der Waals surface area contributed by atoms with E-state index in [1.807, 2.05) is 0 Å². The second-order valence-corrected chi connectivity index (χ2v) is 17.7. The summed E-state index contributed by atoms with van der Waals surface area (Å²) in [7, 11) is 0. The lowest BCUT2D eigenvalue weighted by Crippen LogP contribution is -2.50. The molecule has 1 amide bonds. The van der Waals surface area contributed by atoms with Crippen LogP contribution in [-0.2, 0) is 4.79 Å². The molecule has 0 bridgehead atoms. The van der Waals surface area contributed by atoms with E-state index in [1.54, 1.807) is 0 Å². The highest BCUT2D eigenvalue weighted by molar-refractivity contribution is 5.76. The second-order valence-electron chi connectivity index (χ2n) is 17.7. The van der Waals surface area contributed by atoms with Crippen LogP contribution in [0.15, 0.2) is 36.5 Å². The number of aliphatic hydroxyl groups is 3. The van der Waals surface area contributed by atoms with E-state index in [-0.39, 0.29) is 12.5 Å². The Hall–Kier alpha value is -1.43. The molecule has 0 radical (unpaired) electrons. The number of carbonyl (C=O) groups excluding carboxylic acids is 1. The van der Waals surface area contributed by atoms with E-state index in [2.05, 4.69) is 55.6 Å². The van der Waals surface area contributed by atoms with Gasteiger partial charge >= 0.3 is 0 Å². The van der Waals surface area contributed by atoms with Gasteiger partial charge in [-0.3, -0.25) is 4.79 Å².